The smallest absolute Gasteiger partial charge is 0.0995 e. The Hall–Kier alpha value is -3.56. The van der Waals surface area contributed by atoms with E-state index in [0.717, 1.165) is 11.1 Å². The van der Waals surface area contributed by atoms with Crippen molar-refractivity contribution >= 4 is 38.1 Å². The van der Waals surface area contributed by atoms with Crippen LogP contribution in [-0.4, -0.2) is 4.40 Å². The Balaban J connectivity index is 1.54. The fourth-order valence-electron chi connectivity index (χ4n) is 9.14. The van der Waals surface area contributed by atoms with Gasteiger partial charge in [-0.3, -0.25) is 0 Å². The molecule has 2 aromatic heterocycles. The minimum absolute atomic E-state index is 0.540. The number of fused-ring (bicyclic) bond motifs is 10. The maximum Gasteiger partial charge on any atom is 0.0995 e. The van der Waals surface area contributed by atoms with Crippen molar-refractivity contribution in [1.29, 1.82) is 10.5 Å². The summed E-state index contributed by atoms with van der Waals surface area (Å²) in [4.78, 5) is 0. The molecule has 168 valence electrons. The van der Waals surface area contributed by atoms with Crippen LogP contribution in [0.15, 0.2) is 30.3 Å². The monoisotopic (exact) mass is 451 g/mol. The molecule has 35 heavy (non-hydrogen) atoms. The average Bonchev–Trinajstić information content (AvgIpc) is 3.45. The van der Waals surface area contributed by atoms with Gasteiger partial charge in [-0.15, -0.1) is 0 Å². The van der Waals surface area contributed by atoms with Crippen molar-refractivity contribution in [3.05, 3.63) is 63.7 Å². The molecule has 6 aliphatic carbocycles. The first-order valence-corrected chi connectivity index (χ1v) is 13.4. The van der Waals surface area contributed by atoms with Crippen LogP contribution >= 0.6 is 0 Å². The van der Waals surface area contributed by atoms with Crippen LogP contribution in [0.4, 0.5) is 0 Å². The molecule has 4 bridgehead atoms. The van der Waals surface area contributed by atoms with Crippen LogP contribution in [0.3, 0.4) is 0 Å². The van der Waals surface area contributed by atoms with Gasteiger partial charge in [-0.05, 0) is 109 Å². The maximum absolute atomic E-state index is 10.2. The third-order valence-corrected chi connectivity index (χ3v) is 10.4. The molecule has 3 nitrogen and oxygen atoms in total. The molecular formula is C32H25N3. The molecule has 0 unspecified atom stereocenters. The lowest BCUT2D eigenvalue weighted by atomic mass is 9.64. The highest BCUT2D eigenvalue weighted by Gasteiger charge is 2.40. The van der Waals surface area contributed by atoms with Crippen molar-refractivity contribution < 1.29 is 0 Å². The van der Waals surface area contributed by atoms with Crippen LogP contribution in [0.1, 0.15) is 108 Å². The van der Waals surface area contributed by atoms with E-state index in [-0.39, 0.29) is 0 Å². The summed E-state index contributed by atoms with van der Waals surface area (Å²) in [6.45, 7) is 0. The summed E-state index contributed by atoms with van der Waals surface area (Å²) >= 11 is 0. The van der Waals surface area contributed by atoms with Crippen LogP contribution in [-0.2, 0) is 0 Å². The van der Waals surface area contributed by atoms with Crippen LogP contribution in [0.25, 0.3) is 38.1 Å². The molecule has 11 rings (SSSR count). The zero-order chi connectivity index (χ0) is 23.0. The summed E-state index contributed by atoms with van der Waals surface area (Å²) in [6.07, 6.45) is 9.91. The van der Waals surface area contributed by atoms with Crippen molar-refractivity contribution in [1.82, 2.24) is 4.40 Å². The Morgan fingerprint density at radius 1 is 0.600 bits per heavy atom. The number of nitriles is 2. The SMILES string of the molecule is N#Cc1cc2c(c3c1C1CCC3CC1)c1cccc3c4c5c(c(C#N)cc4n2c13)C1CCC5CC1. The number of nitrogens with zero attached hydrogens (tertiary/aromatic N) is 3. The van der Waals surface area contributed by atoms with Gasteiger partial charge in [0.15, 0.2) is 0 Å². The van der Waals surface area contributed by atoms with Gasteiger partial charge in [0.05, 0.1) is 39.8 Å². The average molecular weight is 452 g/mol. The molecule has 2 saturated carbocycles. The van der Waals surface area contributed by atoms with Crippen molar-refractivity contribution in [3.8, 4) is 12.1 Å². The second-order valence-corrected chi connectivity index (χ2v) is 11.6. The first-order valence-electron chi connectivity index (χ1n) is 13.4. The molecule has 0 amide bonds. The van der Waals surface area contributed by atoms with E-state index in [1.165, 1.54) is 112 Å². The van der Waals surface area contributed by atoms with Crippen molar-refractivity contribution in [2.75, 3.05) is 0 Å². The van der Waals surface area contributed by atoms with Gasteiger partial charge >= 0.3 is 0 Å². The number of para-hydroxylation sites is 1. The molecule has 0 spiro atoms. The van der Waals surface area contributed by atoms with Gasteiger partial charge in [0.25, 0.3) is 0 Å². The highest BCUT2D eigenvalue weighted by Crippen LogP contribution is 2.57. The molecule has 3 aromatic carbocycles. The van der Waals surface area contributed by atoms with E-state index in [4.69, 9.17) is 0 Å². The summed E-state index contributed by atoms with van der Waals surface area (Å²) < 4.78 is 2.43. The Bertz CT molecular complexity index is 1710. The summed E-state index contributed by atoms with van der Waals surface area (Å²) in [6, 6.07) is 16.4. The molecule has 2 heterocycles. The second kappa shape index (κ2) is 6.16. The lowest BCUT2D eigenvalue weighted by molar-refractivity contribution is 0.360. The number of hydrogen-bond acceptors (Lipinski definition) is 2. The summed E-state index contributed by atoms with van der Waals surface area (Å²) in [7, 11) is 0. The van der Waals surface area contributed by atoms with Crippen molar-refractivity contribution in [2.45, 2.75) is 75.0 Å². The van der Waals surface area contributed by atoms with E-state index < -0.39 is 0 Å². The van der Waals surface area contributed by atoms with E-state index in [2.05, 4.69) is 46.9 Å². The lowest BCUT2D eigenvalue weighted by Crippen LogP contribution is -2.23. The summed E-state index contributed by atoms with van der Waals surface area (Å²) in [5.74, 6) is 2.22. The van der Waals surface area contributed by atoms with Gasteiger partial charge in [0.2, 0.25) is 0 Å². The quantitative estimate of drug-likeness (QED) is 0.239. The normalized spacial score (nSPS) is 26.5. The fourth-order valence-corrected chi connectivity index (χ4v) is 9.14. The summed E-state index contributed by atoms with van der Waals surface area (Å²) in [5, 5.41) is 25.9. The van der Waals surface area contributed by atoms with Gasteiger partial charge in [0, 0.05) is 21.5 Å². The van der Waals surface area contributed by atoms with Crippen LogP contribution in [0.5, 0.6) is 0 Å². The molecular weight excluding hydrogens is 426 g/mol. The predicted molar refractivity (Wildman–Crippen MR) is 138 cm³/mol. The molecule has 3 heteroatoms. The Morgan fingerprint density at radius 2 is 1.00 bits per heavy atom. The zero-order valence-corrected chi connectivity index (χ0v) is 19.7. The standard InChI is InChI=1S/C32H25N3/c33-14-20-12-24-30(28-18-8-4-16(5-9-18)26(20)28)22-2-1-3-23-31-25(35(24)32(22)23)13-21(15-34)27-17-6-10-19(11-7-17)29(27)31/h1-3,12-13,16-19H,4-11H2. The minimum atomic E-state index is 0.540. The fraction of sp³-hybridized carbons (Fsp3) is 0.375. The Kier molecular flexibility index (Phi) is 3.30. The first-order chi connectivity index (χ1) is 17.3. The Labute approximate surface area is 203 Å². The van der Waals surface area contributed by atoms with Gasteiger partial charge in [-0.25, -0.2) is 0 Å². The highest BCUT2D eigenvalue weighted by atomic mass is 14.9. The van der Waals surface area contributed by atoms with Gasteiger partial charge in [-0.2, -0.15) is 10.5 Å². The maximum atomic E-state index is 10.2. The third-order valence-electron chi connectivity index (χ3n) is 10.4. The number of rotatable bonds is 0. The molecule has 0 saturated heterocycles. The largest absolute Gasteiger partial charge is 0.308 e. The second-order valence-electron chi connectivity index (χ2n) is 11.6. The van der Waals surface area contributed by atoms with E-state index in [9.17, 15) is 10.5 Å². The van der Waals surface area contributed by atoms with Gasteiger partial charge < -0.3 is 4.40 Å². The number of benzene rings is 3. The van der Waals surface area contributed by atoms with Gasteiger partial charge in [0.1, 0.15) is 0 Å². The molecule has 0 aliphatic heterocycles. The predicted octanol–water partition coefficient (Wildman–Crippen LogP) is 8.09. The van der Waals surface area contributed by atoms with E-state index in [1.807, 2.05) is 0 Å². The molecule has 0 N–H and O–H groups in total. The molecule has 2 fully saturated rings. The molecule has 0 radical (unpaired) electrons. The van der Waals surface area contributed by atoms with Crippen molar-refractivity contribution in [2.24, 2.45) is 0 Å². The topological polar surface area (TPSA) is 52.0 Å². The summed E-state index contributed by atoms with van der Waals surface area (Å²) in [5.41, 5.74) is 11.1. The van der Waals surface area contributed by atoms with Crippen LogP contribution < -0.4 is 0 Å². The third kappa shape index (κ3) is 2.02. The van der Waals surface area contributed by atoms with Crippen molar-refractivity contribution in [3.63, 3.8) is 0 Å². The molecule has 0 atom stereocenters. The van der Waals surface area contributed by atoms with Crippen LogP contribution in [0.2, 0.25) is 0 Å². The number of aromatic nitrogens is 1. The van der Waals surface area contributed by atoms with E-state index >= 15 is 0 Å². The molecule has 5 aromatic rings. The lowest BCUT2D eigenvalue weighted by Gasteiger charge is -2.39. The highest BCUT2D eigenvalue weighted by molar-refractivity contribution is 6.25. The van der Waals surface area contributed by atoms with E-state index in [1.54, 1.807) is 0 Å². The zero-order valence-electron chi connectivity index (χ0n) is 19.7. The van der Waals surface area contributed by atoms with E-state index in [0.29, 0.717) is 23.7 Å². The van der Waals surface area contributed by atoms with Gasteiger partial charge in [-0.1, -0.05) is 18.2 Å². The minimum Gasteiger partial charge on any atom is -0.308 e. The van der Waals surface area contributed by atoms with Crippen LogP contribution in [0, 0.1) is 22.7 Å². The molecule has 6 aliphatic rings. The first kappa shape index (κ1) is 18.7. The Morgan fingerprint density at radius 3 is 1.40 bits per heavy atom. The number of hydrogen-bond donors (Lipinski definition) is 0.